The lowest BCUT2D eigenvalue weighted by Crippen LogP contribution is -2.11. The number of benzene rings is 2. The summed E-state index contributed by atoms with van der Waals surface area (Å²) in [6.45, 7) is 0. The van der Waals surface area contributed by atoms with E-state index in [2.05, 4.69) is 9.97 Å². The molecule has 0 spiro atoms. The molecule has 21 heavy (non-hydrogen) atoms. The lowest BCUT2D eigenvalue weighted by Gasteiger charge is -2.09. The molecule has 0 saturated heterocycles. The van der Waals surface area contributed by atoms with Gasteiger partial charge in [0.15, 0.2) is 0 Å². The van der Waals surface area contributed by atoms with E-state index in [9.17, 15) is 4.79 Å². The summed E-state index contributed by atoms with van der Waals surface area (Å²) in [5.41, 5.74) is 1.14. The number of nitrogens with one attached hydrogen (secondary N) is 1. The summed E-state index contributed by atoms with van der Waals surface area (Å²) in [6.07, 6.45) is 0. The molecule has 0 atom stereocenters. The van der Waals surface area contributed by atoms with Crippen molar-refractivity contribution in [1.82, 2.24) is 9.97 Å². The van der Waals surface area contributed by atoms with Gasteiger partial charge in [0.1, 0.15) is 22.7 Å². The number of rotatable bonds is 3. The lowest BCUT2D eigenvalue weighted by atomic mass is 10.1. The van der Waals surface area contributed by atoms with Crippen LogP contribution >= 0.6 is 0 Å². The van der Waals surface area contributed by atoms with Crippen LogP contribution in [0.1, 0.15) is 0 Å². The highest BCUT2D eigenvalue weighted by atomic mass is 16.5. The Balaban J connectivity index is 2.31. The Hall–Kier alpha value is -2.82. The minimum Gasteiger partial charge on any atom is -0.497 e. The van der Waals surface area contributed by atoms with Gasteiger partial charge in [0.25, 0.3) is 5.56 Å². The number of ether oxygens (including phenoxy) is 2. The van der Waals surface area contributed by atoms with E-state index >= 15 is 0 Å². The topological polar surface area (TPSA) is 64.2 Å². The molecular formula is C16H14N2O3. The molecule has 0 saturated carbocycles. The number of fused-ring (bicyclic) bond motifs is 1. The standard InChI is InChI=1S/C16H14N2O3/c1-20-11-8-12-14(13(9-11)21-2)16(19)18-15(17-12)10-6-4-3-5-7-10/h3-9H,1-2H3,(H,17,18,19). The van der Waals surface area contributed by atoms with Crippen molar-refractivity contribution >= 4 is 10.9 Å². The molecule has 2 aromatic carbocycles. The summed E-state index contributed by atoms with van der Waals surface area (Å²) >= 11 is 0. The van der Waals surface area contributed by atoms with Gasteiger partial charge in [-0.05, 0) is 0 Å². The van der Waals surface area contributed by atoms with Gasteiger partial charge in [0.05, 0.1) is 19.7 Å². The van der Waals surface area contributed by atoms with E-state index < -0.39 is 0 Å². The van der Waals surface area contributed by atoms with E-state index in [1.807, 2.05) is 30.3 Å². The van der Waals surface area contributed by atoms with Crippen molar-refractivity contribution in [3.63, 3.8) is 0 Å². The first kappa shape index (κ1) is 13.2. The van der Waals surface area contributed by atoms with Gasteiger partial charge in [-0.15, -0.1) is 0 Å². The van der Waals surface area contributed by atoms with Gasteiger partial charge in [0, 0.05) is 17.7 Å². The van der Waals surface area contributed by atoms with Gasteiger partial charge in [0.2, 0.25) is 0 Å². The highest BCUT2D eigenvalue weighted by Gasteiger charge is 2.12. The summed E-state index contributed by atoms with van der Waals surface area (Å²) in [6, 6.07) is 12.9. The average molecular weight is 282 g/mol. The Kier molecular flexibility index (Phi) is 3.31. The molecule has 0 bridgehead atoms. The number of aromatic amines is 1. The summed E-state index contributed by atoms with van der Waals surface area (Å²) in [5.74, 6) is 1.55. The molecule has 1 aromatic heterocycles. The van der Waals surface area contributed by atoms with E-state index in [4.69, 9.17) is 9.47 Å². The fraction of sp³-hybridized carbons (Fsp3) is 0.125. The molecular weight excluding hydrogens is 268 g/mol. The maximum Gasteiger partial charge on any atom is 0.262 e. The van der Waals surface area contributed by atoms with Crippen molar-refractivity contribution in [1.29, 1.82) is 0 Å². The number of methoxy groups -OCH3 is 2. The normalized spacial score (nSPS) is 10.6. The maximum absolute atomic E-state index is 12.3. The second kappa shape index (κ2) is 5.28. The Labute approximate surface area is 121 Å². The molecule has 106 valence electrons. The SMILES string of the molecule is COc1cc(OC)c2c(=O)[nH]c(-c3ccccc3)nc2c1. The first-order valence-corrected chi connectivity index (χ1v) is 6.44. The molecule has 0 fully saturated rings. The molecule has 5 heteroatoms. The monoisotopic (exact) mass is 282 g/mol. The van der Waals surface area contributed by atoms with Crippen LogP contribution in [0.15, 0.2) is 47.3 Å². The fourth-order valence-corrected chi connectivity index (χ4v) is 2.22. The van der Waals surface area contributed by atoms with Crippen LogP contribution in [-0.4, -0.2) is 24.2 Å². The average Bonchev–Trinajstić information content (AvgIpc) is 2.54. The molecule has 0 aliphatic rings. The van der Waals surface area contributed by atoms with Crippen molar-refractivity contribution < 1.29 is 9.47 Å². The van der Waals surface area contributed by atoms with Crippen molar-refractivity contribution in [3.8, 4) is 22.9 Å². The number of H-pyrrole nitrogens is 1. The largest absolute Gasteiger partial charge is 0.497 e. The second-order valence-corrected chi connectivity index (χ2v) is 4.50. The molecule has 1 N–H and O–H groups in total. The third kappa shape index (κ3) is 2.33. The number of aromatic nitrogens is 2. The van der Waals surface area contributed by atoms with Crippen LogP contribution in [0.2, 0.25) is 0 Å². The van der Waals surface area contributed by atoms with Gasteiger partial charge in [-0.2, -0.15) is 0 Å². The number of nitrogens with zero attached hydrogens (tertiary/aromatic N) is 1. The number of hydrogen-bond acceptors (Lipinski definition) is 4. The Morgan fingerprint density at radius 2 is 1.81 bits per heavy atom. The zero-order valence-electron chi connectivity index (χ0n) is 11.7. The van der Waals surface area contributed by atoms with Crippen LogP contribution in [0.25, 0.3) is 22.3 Å². The van der Waals surface area contributed by atoms with E-state index in [-0.39, 0.29) is 5.56 Å². The highest BCUT2D eigenvalue weighted by Crippen LogP contribution is 2.28. The third-order valence-corrected chi connectivity index (χ3v) is 3.25. The van der Waals surface area contributed by atoms with E-state index in [1.165, 1.54) is 7.11 Å². The molecule has 1 heterocycles. The molecule has 3 aromatic rings. The predicted molar refractivity (Wildman–Crippen MR) is 80.9 cm³/mol. The van der Waals surface area contributed by atoms with Crippen molar-refractivity contribution in [2.24, 2.45) is 0 Å². The van der Waals surface area contributed by atoms with Crippen LogP contribution in [0.4, 0.5) is 0 Å². The van der Waals surface area contributed by atoms with Gasteiger partial charge >= 0.3 is 0 Å². The molecule has 3 rings (SSSR count). The smallest absolute Gasteiger partial charge is 0.262 e. The first-order chi connectivity index (χ1) is 10.2. The Morgan fingerprint density at radius 1 is 1.05 bits per heavy atom. The quantitative estimate of drug-likeness (QED) is 0.802. The van der Waals surface area contributed by atoms with Gasteiger partial charge in [-0.1, -0.05) is 30.3 Å². The molecule has 0 amide bonds. The van der Waals surface area contributed by atoms with Crippen molar-refractivity contribution in [3.05, 3.63) is 52.8 Å². The van der Waals surface area contributed by atoms with Crippen molar-refractivity contribution in [2.75, 3.05) is 14.2 Å². The third-order valence-electron chi connectivity index (χ3n) is 3.25. The van der Waals surface area contributed by atoms with Gasteiger partial charge < -0.3 is 14.5 Å². The maximum atomic E-state index is 12.3. The molecule has 5 nitrogen and oxygen atoms in total. The summed E-state index contributed by atoms with van der Waals surface area (Å²) in [7, 11) is 3.07. The second-order valence-electron chi connectivity index (χ2n) is 4.50. The minimum atomic E-state index is -0.238. The predicted octanol–water partition coefficient (Wildman–Crippen LogP) is 2.61. The zero-order valence-corrected chi connectivity index (χ0v) is 11.7. The lowest BCUT2D eigenvalue weighted by molar-refractivity contribution is 0.397. The van der Waals surface area contributed by atoms with E-state index in [0.717, 1.165) is 5.56 Å². The fourth-order valence-electron chi connectivity index (χ4n) is 2.22. The van der Waals surface area contributed by atoms with E-state index in [0.29, 0.717) is 28.2 Å². The van der Waals surface area contributed by atoms with Crippen LogP contribution in [0.3, 0.4) is 0 Å². The highest BCUT2D eigenvalue weighted by molar-refractivity contribution is 5.87. The van der Waals surface area contributed by atoms with Crippen molar-refractivity contribution in [2.45, 2.75) is 0 Å². The summed E-state index contributed by atoms with van der Waals surface area (Å²) < 4.78 is 10.5. The van der Waals surface area contributed by atoms with E-state index in [1.54, 1.807) is 19.2 Å². The van der Waals surface area contributed by atoms with Crippen LogP contribution in [0.5, 0.6) is 11.5 Å². The molecule has 0 aliphatic carbocycles. The first-order valence-electron chi connectivity index (χ1n) is 6.44. The summed E-state index contributed by atoms with van der Waals surface area (Å²) in [5, 5.41) is 0.415. The molecule has 0 aliphatic heterocycles. The van der Waals surface area contributed by atoms with Gasteiger partial charge in [-0.3, -0.25) is 4.79 Å². The van der Waals surface area contributed by atoms with Crippen LogP contribution in [0, 0.1) is 0 Å². The zero-order chi connectivity index (χ0) is 14.8. The molecule has 0 unspecified atom stereocenters. The molecule has 0 radical (unpaired) electrons. The number of hydrogen-bond donors (Lipinski definition) is 1. The van der Waals surface area contributed by atoms with Gasteiger partial charge in [-0.25, -0.2) is 4.98 Å². The minimum absolute atomic E-state index is 0.238. The van der Waals surface area contributed by atoms with Crippen LogP contribution in [-0.2, 0) is 0 Å². The Bertz CT molecular complexity index is 841. The Morgan fingerprint density at radius 3 is 2.48 bits per heavy atom. The van der Waals surface area contributed by atoms with Crippen LogP contribution < -0.4 is 15.0 Å². The summed E-state index contributed by atoms with van der Waals surface area (Å²) in [4.78, 5) is 19.6.